The third-order valence-electron chi connectivity index (χ3n) is 2.93. The highest BCUT2D eigenvalue weighted by molar-refractivity contribution is 5.99. The van der Waals surface area contributed by atoms with E-state index in [0.717, 1.165) is 12.8 Å². The molecule has 2 rings (SSSR count). The van der Waals surface area contributed by atoms with Crippen molar-refractivity contribution in [1.29, 1.82) is 0 Å². The van der Waals surface area contributed by atoms with E-state index < -0.39 is 0 Å². The predicted molar refractivity (Wildman–Crippen MR) is 44.3 cm³/mol. The Labute approximate surface area is 67.5 Å². The van der Waals surface area contributed by atoms with Gasteiger partial charge in [-0.15, -0.1) is 0 Å². The lowest BCUT2D eigenvalue weighted by Crippen LogP contribution is -2.00. The highest BCUT2D eigenvalue weighted by Crippen LogP contribution is 2.38. The van der Waals surface area contributed by atoms with E-state index in [1.54, 1.807) is 0 Å². The quantitative estimate of drug-likeness (QED) is 0.518. The Balaban J connectivity index is 2.32. The molecular weight excluding hydrogens is 136 g/mol. The maximum absolute atomic E-state index is 11.4. The summed E-state index contributed by atoms with van der Waals surface area (Å²) in [5.41, 5.74) is 2.69. The van der Waals surface area contributed by atoms with Crippen molar-refractivity contribution >= 4 is 5.78 Å². The van der Waals surface area contributed by atoms with Gasteiger partial charge in [-0.25, -0.2) is 0 Å². The fourth-order valence-electron chi connectivity index (χ4n) is 2.32. The summed E-state index contributed by atoms with van der Waals surface area (Å²) in [5, 5.41) is 0. The van der Waals surface area contributed by atoms with Crippen LogP contribution in [0, 0.1) is 5.92 Å². The summed E-state index contributed by atoms with van der Waals surface area (Å²) in [6.07, 6.45) is 5.60. The first kappa shape index (κ1) is 7.08. The lowest BCUT2D eigenvalue weighted by Gasteiger charge is -2.14. The second-order valence-corrected chi connectivity index (χ2v) is 3.74. The molecule has 60 valence electrons. The third kappa shape index (κ3) is 1.03. The molecule has 0 unspecified atom stereocenters. The molecule has 0 radical (unpaired) electrons. The first-order chi connectivity index (χ1) is 5.29. The fourth-order valence-corrected chi connectivity index (χ4v) is 2.32. The molecule has 2 aliphatic carbocycles. The molecule has 1 atom stereocenters. The average molecular weight is 150 g/mol. The minimum atomic E-state index is 0.437. The maximum atomic E-state index is 11.4. The molecule has 0 saturated heterocycles. The van der Waals surface area contributed by atoms with Gasteiger partial charge in [-0.1, -0.05) is 12.5 Å². The molecule has 0 amide bonds. The SMILES string of the molecule is C[C@H]1CC(=O)C2=C1CCCC2. The van der Waals surface area contributed by atoms with Crippen LogP contribution in [-0.2, 0) is 4.79 Å². The van der Waals surface area contributed by atoms with Crippen molar-refractivity contribution in [3.8, 4) is 0 Å². The number of Topliss-reactive ketones (excluding diaryl/α,β-unsaturated/α-hetero) is 1. The topological polar surface area (TPSA) is 17.1 Å². The number of hydrogen-bond acceptors (Lipinski definition) is 1. The minimum absolute atomic E-state index is 0.437. The molecular formula is C10H14O. The van der Waals surface area contributed by atoms with Gasteiger partial charge in [0, 0.05) is 6.42 Å². The number of carbonyl (C=O) groups is 1. The van der Waals surface area contributed by atoms with Crippen molar-refractivity contribution < 1.29 is 4.79 Å². The van der Waals surface area contributed by atoms with Crippen LogP contribution in [0.3, 0.4) is 0 Å². The Bertz CT molecular complexity index is 225. The zero-order valence-electron chi connectivity index (χ0n) is 7.02. The number of allylic oxidation sites excluding steroid dienone is 2. The molecule has 0 N–H and O–H groups in total. The standard InChI is InChI=1S/C10H14O/c1-7-6-10(11)9-5-3-2-4-8(7)9/h7H,2-6H2,1H3/t7-/m0/s1. The molecule has 0 aromatic carbocycles. The van der Waals surface area contributed by atoms with Crippen molar-refractivity contribution in [2.24, 2.45) is 5.92 Å². The van der Waals surface area contributed by atoms with Crippen LogP contribution in [0.25, 0.3) is 0 Å². The van der Waals surface area contributed by atoms with Gasteiger partial charge in [0.2, 0.25) is 0 Å². The Kier molecular flexibility index (Phi) is 1.59. The van der Waals surface area contributed by atoms with Gasteiger partial charge in [-0.3, -0.25) is 4.79 Å². The molecule has 0 bridgehead atoms. The molecule has 1 nitrogen and oxygen atoms in total. The summed E-state index contributed by atoms with van der Waals surface area (Å²) in [7, 11) is 0. The van der Waals surface area contributed by atoms with Gasteiger partial charge in [0.15, 0.2) is 5.78 Å². The summed E-state index contributed by atoms with van der Waals surface area (Å²) < 4.78 is 0. The van der Waals surface area contributed by atoms with E-state index in [0.29, 0.717) is 11.7 Å². The smallest absolute Gasteiger partial charge is 0.159 e. The average Bonchev–Trinajstić information content (AvgIpc) is 2.30. The maximum Gasteiger partial charge on any atom is 0.159 e. The highest BCUT2D eigenvalue weighted by atomic mass is 16.1. The van der Waals surface area contributed by atoms with Crippen molar-refractivity contribution in [2.75, 3.05) is 0 Å². The Morgan fingerprint density at radius 1 is 1.27 bits per heavy atom. The van der Waals surface area contributed by atoms with Gasteiger partial charge < -0.3 is 0 Å². The summed E-state index contributed by atoms with van der Waals surface area (Å²) >= 11 is 0. The summed E-state index contributed by atoms with van der Waals surface area (Å²) in [6, 6.07) is 0. The molecule has 11 heavy (non-hydrogen) atoms. The zero-order valence-corrected chi connectivity index (χ0v) is 7.02. The van der Waals surface area contributed by atoms with Crippen LogP contribution in [0.1, 0.15) is 39.0 Å². The second-order valence-electron chi connectivity index (χ2n) is 3.74. The first-order valence-corrected chi connectivity index (χ1v) is 4.54. The van der Waals surface area contributed by atoms with Crippen molar-refractivity contribution in [1.82, 2.24) is 0 Å². The summed E-state index contributed by atoms with van der Waals surface area (Å²) in [4.78, 5) is 11.4. The van der Waals surface area contributed by atoms with E-state index in [4.69, 9.17) is 0 Å². The van der Waals surface area contributed by atoms with E-state index in [1.807, 2.05) is 0 Å². The van der Waals surface area contributed by atoms with Crippen molar-refractivity contribution in [2.45, 2.75) is 39.0 Å². The normalized spacial score (nSPS) is 31.0. The van der Waals surface area contributed by atoms with Gasteiger partial charge in [0.05, 0.1) is 0 Å². The van der Waals surface area contributed by atoms with Gasteiger partial charge >= 0.3 is 0 Å². The van der Waals surface area contributed by atoms with Crippen LogP contribution in [0.15, 0.2) is 11.1 Å². The van der Waals surface area contributed by atoms with Crippen LogP contribution in [0.2, 0.25) is 0 Å². The van der Waals surface area contributed by atoms with E-state index in [-0.39, 0.29) is 0 Å². The Morgan fingerprint density at radius 3 is 2.73 bits per heavy atom. The largest absolute Gasteiger partial charge is 0.295 e. The Morgan fingerprint density at radius 2 is 2.00 bits per heavy atom. The predicted octanol–water partition coefficient (Wildman–Crippen LogP) is 2.47. The molecule has 0 spiro atoms. The second kappa shape index (κ2) is 2.47. The molecule has 0 aromatic rings. The highest BCUT2D eigenvalue weighted by Gasteiger charge is 2.29. The van der Waals surface area contributed by atoms with Crippen LogP contribution in [0.4, 0.5) is 0 Å². The molecule has 0 aromatic heterocycles. The number of ketones is 1. The van der Waals surface area contributed by atoms with E-state index in [1.165, 1.54) is 30.4 Å². The molecule has 0 fully saturated rings. The van der Waals surface area contributed by atoms with Crippen LogP contribution < -0.4 is 0 Å². The number of carbonyl (C=O) groups excluding carboxylic acids is 1. The summed E-state index contributed by atoms with van der Waals surface area (Å²) in [6.45, 7) is 2.19. The zero-order chi connectivity index (χ0) is 7.84. The van der Waals surface area contributed by atoms with Crippen molar-refractivity contribution in [3.63, 3.8) is 0 Å². The van der Waals surface area contributed by atoms with E-state index in [9.17, 15) is 4.79 Å². The van der Waals surface area contributed by atoms with Crippen LogP contribution in [-0.4, -0.2) is 5.78 Å². The molecule has 0 heterocycles. The Hall–Kier alpha value is -0.590. The van der Waals surface area contributed by atoms with Gasteiger partial charge in [0.25, 0.3) is 0 Å². The van der Waals surface area contributed by atoms with Crippen molar-refractivity contribution in [3.05, 3.63) is 11.1 Å². The van der Waals surface area contributed by atoms with Crippen LogP contribution in [0.5, 0.6) is 0 Å². The molecule has 1 heteroatoms. The molecule has 0 aliphatic heterocycles. The first-order valence-electron chi connectivity index (χ1n) is 4.54. The van der Waals surface area contributed by atoms with Gasteiger partial charge in [0.1, 0.15) is 0 Å². The lowest BCUT2D eigenvalue weighted by molar-refractivity contribution is -0.115. The lowest BCUT2D eigenvalue weighted by atomic mass is 9.90. The van der Waals surface area contributed by atoms with Crippen LogP contribution >= 0.6 is 0 Å². The minimum Gasteiger partial charge on any atom is -0.295 e. The molecule has 2 aliphatic rings. The number of rotatable bonds is 0. The number of hydrogen-bond donors (Lipinski definition) is 0. The van der Waals surface area contributed by atoms with E-state index >= 15 is 0 Å². The van der Waals surface area contributed by atoms with Gasteiger partial charge in [-0.2, -0.15) is 0 Å². The monoisotopic (exact) mass is 150 g/mol. The van der Waals surface area contributed by atoms with Gasteiger partial charge in [-0.05, 0) is 37.2 Å². The third-order valence-corrected chi connectivity index (χ3v) is 2.93. The summed E-state index contributed by atoms with van der Waals surface area (Å²) in [5.74, 6) is 1.00. The molecule has 0 saturated carbocycles. The van der Waals surface area contributed by atoms with E-state index in [2.05, 4.69) is 6.92 Å². The fraction of sp³-hybridized carbons (Fsp3) is 0.700.